The second kappa shape index (κ2) is 7.06. The lowest BCUT2D eigenvalue weighted by Gasteiger charge is -2.37. The van der Waals surface area contributed by atoms with Crippen molar-refractivity contribution in [3.8, 4) is 5.75 Å². The summed E-state index contributed by atoms with van der Waals surface area (Å²) in [4.78, 5) is 26.1. The Morgan fingerprint density at radius 2 is 1.61 bits per heavy atom. The number of hydrazone groups is 1. The fourth-order valence-corrected chi connectivity index (χ4v) is 5.85. The van der Waals surface area contributed by atoms with Crippen molar-refractivity contribution in [2.45, 2.75) is 13.0 Å². The molecule has 0 radical (unpaired) electrons. The van der Waals surface area contributed by atoms with Crippen molar-refractivity contribution in [2.75, 3.05) is 0 Å². The number of para-hydroxylation sites is 1. The number of carbonyl (C=O) groups is 2. The van der Waals surface area contributed by atoms with Gasteiger partial charge < -0.3 is 4.74 Å². The molecule has 3 fully saturated rings. The smallest absolute Gasteiger partial charge is 0.254 e. The van der Waals surface area contributed by atoms with Crippen LogP contribution in [-0.2, 0) is 16.2 Å². The Balaban J connectivity index is 1.22. The molecule has 31 heavy (non-hydrogen) atoms. The van der Waals surface area contributed by atoms with E-state index in [1.165, 1.54) is 0 Å². The zero-order valence-corrected chi connectivity index (χ0v) is 17.5. The molecule has 1 heterocycles. The van der Waals surface area contributed by atoms with E-state index in [0.29, 0.717) is 34.8 Å². The Hall–Kier alpha value is -2.92. The fourth-order valence-electron chi connectivity index (χ4n) is 5.66. The van der Waals surface area contributed by atoms with Crippen molar-refractivity contribution >= 4 is 29.6 Å². The van der Waals surface area contributed by atoms with Crippen molar-refractivity contribution < 1.29 is 14.3 Å². The standard InChI is InChI=1S/C25H21ClN2O3/c26-20-7-3-1-6-15(20)13-31-21-8-4-2-5-14(21)12-27-28-24(29)22-16-9-10-17(19-11-18(16)19)23(22)25(28)30/h1-10,12,16-19,22-23H,11,13H2/b27-12-/t16-,17-,18-,19+,22+,23+/m1/s1. The van der Waals surface area contributed by atoms with Crippen LogP contribution >= 0.6 is 11.6 Å². The van der Waals surface area contributed by atoms with Gasteiger partial charge in [-0.2, -0.15) is 10.1 Å². The highest BCUT2D eigenvalue weighted by Crippen LogP contribution is 2.65. The summed E-state index contributed by atoms with van der Waals surface area (Å²) in [6.07, 6.45) is 7.02. The first-order valence-electron chi connectivity index (χ1n) is 10.7. The summed E-state index contributed by atoms with van der Waals surface area (Å²) in [7, 11) is 0. The average molecular weight is 433 g/mol. The van der Waals surface area contributed by atoms with Crippen LogP contribution in [0.1, 0.15) is 17.5 Å². The number of hydrogen-bond acceptors (Lipinski definition) is 4. The maximum atomic E-state index is 13.1. The van der Waals surface area contributed by atoms with Gasteiger partial charge in [0.1, 0.15) is 12.4 Å². The number of halogens is 1. The first kappa shape index (κ1) is 18.8. The Labute approximate surface area is 185 Å². The Morgan fingerprint density at radius 1 is 0.968 bits per heavy atom. The van der Waals surface area contributed by atoms with Crippen LogP contribution in [0.5, 0.6) is 5.75 Å². The van der Waals surface area contributed by atoms with Gasteiger partial charge in [-0.15, -0.1) is 0 Å². The highest BCUT2D eigenvalue weighted by Gasteiger charge is 2.67. The first-order chi connectivity index (χ1) is 15.1. The second-order valence-electron chi connectivity index (χ2n) is 8.81. The minimum Gasteiger partial charge on any atom is -0.488 e. The normalized spacial score (nSPS) is 32.5. The largest absolute Gasteiger partial charge is 0.488 e. The molecule has 156 valence electrons. The summed E-state index contributed by atoms with van der Waals surface area (Å²) in [5.41, 5.74) is 1.58. The number of imide groups is 1. The molecule has 6 heteroatoms. The summed E-state index contributed by atoms with van der Waals surface area (Å²) in [5.74, 6) is 1.37. The molecule has 5 nitrogen and oxygen atoms in total. The van der Waals surface area contributed by atoms with Crippen molar-refractivity contribution in [1.29, 1.82) is 0 Å². The Bertz CT molecular complexity index is 1110. The molecule has 2 aromatic rings. The third kappa shape index (κ3) is 2.94. The monoisotopic (exact) mass is 432 g/mol. The molecule has 5 aliphatic rings. The summed E-state index contributed by atoms with van der Waals surface area (Å²) in [6, 6.07) is 14.9. The molecule has 0 spiro atoms. The molecule has 4 aliphatic carbocycles. The maximum Gasteiger partial charge on any atom is 0.254 e. The molecule has 6 atom stereocenters. The van der Waals surface area contributed by atoms with E-state index >= 15 is 0 Å². The number of nitrogens with zero attached hydrogens (tertiary/aromatic N) is 2. The van der Waals surface area contributed by atoms with E-state index in [1.807, 2.05) is 48.5 Å². The van der Waals surface area contributed by atoms with Crippen molar-refractivity contribution in [1.82, 2.24) is 5.01 Å². The second-order valence-corrected chi connectivity index (χ2v) is 9.21. The minimum absolute atomic E-state index is 0.162. The van der Waals surface area contributed by atoms with E-state index in [4.69, 9.17) is 16.3 Å². The fraction of sp³-hybridized carbons (Fsp3) is 0.320. The zero-order valence-electron chi connectivity index (χ0n) is 16.7. The molecular weight excluding hydrogens is 412 g/mol. The van der Waals surface area contributed by atoms with Crippen LogP contribution in [0.4, 0.5) is 0 Å². The quantitative estimate of drug-likeness (QED) is 0.402. The molecular formula is C25H21ClN2O3. The van der Waals surface area contributed by atoms with Gasteiger partial charge in [0.15, 0.2) is 0 Å². The van der Waals surface area contributed by atoms with Crippen LogP contribution in [0.15, 0.2) is 65.8 Å². The molecule has 2 saturated carbocycles. The van der Waals surface area contributed by atoms with E-state index in [9.17, 15) is 9.59 Å². The molecule has 0 N–H and O–H groups in total. The maximum absolute atomic E-state index is 13.1. The number of amides is 2. The topological polar surface area (TPSA) is 59.0 Å². The van der Waals surface area contributed by atoms with E-state index in [-0.39, 0.29) is 35.5 Å². The Morgan fingerprint density at radius 3 is 2.32 bits per heavy atom. The van der Waals surface area contributed by atoms with Gasteiger partial charge in [-0.25, -0.2) is 0 Å². The highest BCUT2D eigenvalue weighted by atomic mass is 35.5. The third-order valence-electron chi connectivity index (χ3n) is 7.21. The summed E-state index contributed by atoms with van der Waals surface area (Å²) < 4.78 is 5.96. The molecule has 0 aromatic heterocycles. The van der Waals surface area contributed by atoms with E-state index < -0.39 is 0 Å². The Kier molecular flexibility index (Phi) is 4.29. The van der Waals surface area contributed by atoms with Crippen molar-refractivity contribution in [3.05, 3.63) is 76.8 Å². The number of ether oxygens (including phenoxy) is 1. The number of rotatable bonds is 5. The SMILES string of the molecule is O=C1[C@H]2[C@@H]3C=C[C@H]([C@@H]4C[C@H]34)[C@@H]2C(=O)N1/N=C\c1ccccc1OCc1ccccc1Cl. The lowest BCUT2D eigenvalue weighted by molar-refractivity contribution is -0.140. The van der Waals surface area contributed by atoms with Crippen LogP contribution < -0.4 is 4.74 Å². The molecule has 2 bridgehead atoms. The van der Waals surface area contributed by atoms with Crippen LogP contribution in [0, 0.1) is 35.5 Å². The van der Waals surface area contributed by atoms with E-state index in [1.54, 1.807) is 6.21 Å². The number of hydrogen-bond donors (Lipinski definition) is 0. The first-order valence-corrected chi connectivity index (χ1v) is 11.1. The van der Waals surface area contributed by atoms with Crippen molar-refractivity contribution in [3.63, 3.8) is 0 Å². The number of carbonyl (C=O) groups excluding carboxylic acids is 2. The van der Waals surface area contributed by atoms with Crippen LogP contribution in [0.25, 0.3) is 0 Å². The van der Waals surface area contributed by atoms with Gasteiger partial charge >= 0.3 is 0 Å². The zero-order chi connectivity index (χ0) is 21.1. The van der Waals surface area contributed by atoms with Gasteiger partial charge in [-0.3, -0.25) is 9.59 Å². The van der Waals surface area contributed by atoms with Gasteiger partial charge in [-0.1, -0.05) is 54.1 Å². The van der Waals surface area contributed by atoms with Crippen molar-refractivity contribution in [2.24, 2.45) is 40.6 Å². The molecule has 0 unspecified atom stereocenters. The van der Waals surface area contributed by atoms with E-state index in [0.717, 1.165) is 17.0 Å². The summed E-state index contributed by atoms with van der Waals surface area (Å²) in [6.45, 7) is 0.314. The number of benzene rings is 2. The van der Waals surface area contributed by atoms with Gasteiger partial charge in [0.2, 0.25) is 0 Å². The van der Waals surface area contributed by atoms with E-state index in [2.05, 4.69) is 17.3 Å². The molecule has 2 aromatic carbocycles. The average Bonchev–Trinajstić information content (AvgIpc) is 3.57. The van der Waals surface area contributed by atoms with Crippen LogP contribution in [0.2, 0.25) is 5.02 Å². The van der Waals surface area contributed by atoms with Crippen LogP contribution in [0.3, 0.4) is 0 Å². The van der Waals surface area contributed by atoms with Gasteiger partial charge in [0.05, 0.1) is 18.1 Å². The van der Waals surface area contributed by atoms with Gasteiger partial charge in [-0.05, 0) is 48.3 Å². The predicted octanol–water partition coefficient (Wildman–Crippen LogP) is 4.31. The highest BCUT2D eigenvalue weighted by molar-refractivity contribution is 6.31. The molecule has 2 amide bonds. The lowest BCUT2D eigenvalue weighted by atomic mass is 9.63. The molecule has 7 rings (SSSR count). The number of allylic oxidation sites excluding steroid dienone is 2. The third-order valence-corrected chi connectivity index (χ3v) is 7.58. The molecule has 1 aliphatic heterocycles. The summed E-state index contributed by atoms with van der Waals surface area (Å²) in [5, 5.41) is 6.06. The summed E-state index contributed by atoms with van der Waals surface area (Å²) >= 11 is 6.22. The predicted molar refractivity (Wildman–Crippen MR) is 116 cm³/mol. The van der Waals surface area contributed by atoms with Crippen LogP contribution in [-0.4, -0.2) is 23.0 Å². The van der Waals surface area contributed by atoms with Gasteiger partial charge in [0.25, 0.3) is 11.8 Å². The van der Waals surface area contributed by atoms with Gasteiger partial charge in [0, 0.05) is 16.1 Å². The minimum atomic E-state index is -0.241. The lowest BCUT2D eigenvalue weighted by Crippen LogP contribution is -2.40. The molecule has 1 saturated heterocycles.